The van der Waals surface area contributed by atoms with Gasteiger partial charge in [0.25, 0.3) is 0 Å². The summed E-state index contributed by atoms with van der Waals surface area (Å²) in [5, 5.41) is 11.6. The minimum atomic E-state index is 0.313. The second-order valence-corrected chi connectivity index (χ2v) is 8.50. The topological polar surface area (TPSA) is 63.6 Å². The summed E-state index contributed by atoms with van der Waals surface area (Å²) in [4.78, 5) is 9.06. The summed E-state index contributed by atoms with van der Waals surface area (Å²) >= 11 is 0. The smallest absolute Gasteiger partial charge is 0.231 e. The van der Waals surface area contributed by atoms with Crippen LogP contribution in [-0.2, 0) is 13.0 Å². The monoisotopic (exact) mass is 439 g/mol. The van der Waals surface area contributed by atoms with E-state index < -0.39 is 0 Å². The number of pyridine rings is 1. The van der Waals surface area contributed by atoms with Crippen LogP contribution in [-0.4, -0.2) is 53.1 Å². The van der Waals surface area contributed by atoms with E-state index in [-0.39, 0.29) is 0 Å². The molecule has 0 unspecified atom stereocenters. The standard InChI is InChI=1S/C26H25N5O2/c1-2-6-22-21(5-1)23(14-19-4-3-9-27-16-19)28-29-26(22)31-12-10-30(11-13-31)17-20-7-8-24-25(15-20)33-18-32-24/h1-9,15-16H,10-14,17-18H2. The van der Waals surface area contributed by atoms with Crippen molar-refractivity contribution < 1.29 is 9.47 Å². The number of rotatable bonds is 5. The van der Waals surface area contributed by atoms with Crippen molar-refractivity contribution in [2.45, 2.75) is 13.0 Å². The maximum Gasteiger partial charge on any atom is 0.231 e. The molecule has 166 valence electrons. The molecule has 4 heterocycles. The Balaban J connectivity index is 1.17. The zero-order valence-corrected chi connectivity index (χ0v) is 18.4. The first-order chi connectivity index (χ1) is 16.3. The van der Waals surface area contributed by atoms with E-state index in [1.54, 1.807) is 6.20 Å². The number of benzene rings is 2. The molecule has 0 atom stereocenters. The summed E-state index contributed by atoms with van der Waals surface area (Å²) in [6.45, 7) is 5.01. The summed E-state index contributed by atoms with van der Waals surface area (Å²) in [5.41, 5.74) is 3.38. The molecule has 0 amide bonds. The van der Waals surface area contributed by atoms with Gasteiger partial charge in [-0.25, -0.2) is 0 Å². The number of hydrogen-bond acceptors (Lipinski definition) is 7. The fourth-order valence-corrected chi connectivity index (χ4v) is 4.62. The highest BCUT2D eigenvalue weighted by atomic mass is 16.7. The molecule has 2 aliphatic rings. The van der Waals surface area contributed by atoms with E-state index in [0.29, 0.717) is 6.79 Å². The highest BCUT2D eigenvalue weighted by Gasteiger charge is 2.22. The van der Waals surface area contributed by atoms with Gasteiger partial charge in [-0.2, -0.15) is 5.10 Å². The fourth-order valence-electron chi connectivity index (χ4n) is 4.62. The molecule has 7 nitrogen and oxygen atoms in total. The molecular weight excluding hydrogens is 414 g/mol. The molecule has 0 spiro atoms. The summed E-state index contributed by atoms with van der Waals surface area (Å²) in [5.74, 6) is 2.66. The van der Waals surface area contributed by atoms with Gasteiger partial charge in [0.15, 0.2) is 17.3 Å². The molecular formula is C26H25N5O2. The van der Waals surface area contributed by atoms with E-state index in [9.17, 15) is 0 Å². The number of nitrogens with zero attached hydrogens (tertiary/aromatic N) is 5. The van der Waals surface area contributed by atoms with Gasteiger partial charge in [-0.3, -0.25) is 9.88 Å². The van der Waals surface area contributed by atoms with Gasteiger partial charge in [0.05, 0.1) is 5.69 Å². The Hall–Kier alpha value is -3.71. The van der Waals surface area contributed by atoms with E-state index >= 15 is 0 Å². The van der Waals surface area contributed by atoms with Crippen LogP contribution in [0.25, 0.3) is 10.8 Å². The number of aromatic nitrogens is 3. The van der Waals surface area contributed by atoms with E-state index in [0.717, 1.165) is 78.5 Å². The Labute approximate surface area is 192 Å². The van der Waals surface area contributed by atoms with Gasteiger partial charge in [0, 0.05) is 62.3 Å². The number of piperazine rings is 1. The van der Waals surface area contributed by atoms with Crippen LogP contribution >= 0.6 is 0 Å². The molecule has 6 rings (SSSR count). The highest BCUT2D eigenvalue weighted by Crippen LogP contribution is 2.33. The zero-order valence-electron chi connectivity index (χ0n) is 18.4. The van der Waals surface area contributed by atoms with Crippen molar-refractivity contribution >= 4 is 16.6 Å². The molecule has 1 saturated heterocycles. The van der Waals surface area contributed by atoms with Crippen LogP contribution in [0.2, 0.25) is 0 Å². The third kappa shape index (κ3) is 4.07. The predicted molar refractivity (Wildman–Crippen MR) is 127 cm³/mol. The quantitative estimate of drug-likeness (QED) is 0.470. The van der Waals surface area contributed by atoms with Crippen LogP contribution < -0.4 is 14.4 Å². The Bertz CT molecular complexity index is 1270. The third-order valence-electron chi connectivity index (χ3n) is 6.35. The largest absolute Gasteiger partial charge is 0.454 e. The summed E-state index contributed by atoms with van der Waals surface area (Å²) < 4.78 is 10.9. The molecule has 2 aromatic carbocycles. The Morgan fingerprint density at radius 1 is 0.788 bits per heavy atom. The summed E-state index contributed by atoms with van der Waals surface area (Å²) in [6, 6.07) is 18.7. The molecule has 4 aromatic rings. The van der Waals surface area contributed by atoms with Crippen molar-refractivity contribution in [2.24, 2.45) is 0 Å². The van der Waals surface area contributed by atoms with Gasteiger partial charge in [-0.05, 0) is 29.3 Å². The Morgan fingerprint density at radius 2 is 1.64 bits per heavy atom. The van der Waals surface area contributed by atoms with Gasteiger partial charge < -0.3 is 14.4 Å². The van der Waals surface area contributed by atoms with Gasteiger partial charge in [0.2, 0.25) is 6.79 Å². The third-order valence-corrected chi connectivity index (χ3v) is 6.35. The molecule has 2 aromatic heterocycles. The molecule has 0 saturated carbocycles. The van der Waals surface area contributed by atoms with Gasteiger partial charge in [-0.1, -0.05) is 36.4 Å². The van der Waals surface area contributed by atoms with Crippen LogP contribution in [0.4, 0.5) is 5.82 Å². The van der Waals surface area contributed by atoms with Crippen molar-refractivity contribution in [3.05, 3.63) is 83.8 Å². The molecule has 0 aliphatic carbocycles. The second-order valence-electron chi connectivity index (χ2n) is 8.50. The van der Waals surface area contributed by atoms with Crippen LogP contribution in [0, 0.1) is 0 Å². The fraction of sp³-hybridized carbons (Fsp3) is 0.269. The lowest BCUT2D eigenvalue weighted by Crippen LogP contribution is -2.46. The molecule has 0 bridgehead atoms. The summed E-state index contributed by atoms with van der Waals surface area (Å²) in [7, 11) is 0. The van der Waals surface area contributed by atoms with Crippen LogP contribution in [0.15, 0.2) is 67.0 Å². The average Bonchev–Trinajstić information content (AvgIpc) is 3.34. The van der Waals surface area contributed by atoms with Crippen LogP contribution in [0.1, 0.15) is 16.8 Å². The molecule has 2 aliphatic heterocycles. The summed E-state index contributed by atoms with van der Waals surface area (Å²) in [6.07, 6.45) is 4.41. The second kappa shape index (κ2) is 8.67. The SMILES string of the molecule is c1cncc(Cc2nnc(N3CCN(Cc4ccc5c(c4)OCO5)CC3)c3ccccc23)c1. The maximum absolute atomic E-state index is 5.52. The number of hydrogen-bond donors (Lipinski definition) is 0. The van der Waals surface area contributed by atoms with Crippen LogP contribution in [0.3, 0.4) is 0 Å². The predicted octanol–water partition coefficient (Wildman–Crippen LogP) is 3.67. The maximum atomic E-state index is 5.52. The average molecular weight is 440 g/mol. The van der Waals surface area contributed by atoms with Crippen molar-refractivity contribution in [3.63, 3.8) is 0 Å². The van der Waals surface area contributed by atoms with Crippen molar-refractivity contribution in [1.82, 2.24) is 20.1 Å². The van der Waals surface area contributed by atoms with E-state index in [1.165, 1.54) is 5.56 Å². The minimum Gasteiger partial charge on any atom is -0.454 e. The molecule has 0 radical (unpaired) electrons. The first kappa shape index (κ1) is 19.9. The lowest BCUT2D eigenvalue weighted by atomic mass is 10.0. The Kier molecular flexibility index (Phi) is 5.24. The minimum absolute atomic E-state index is 0.313. The molecule has 1 fully saturated rings. The van der Waals surface area contributed by atoms with Crippen LogP contribution in [0.5, 0.6) is 11.5 Å². The van der Waals surface area contributed by atoms with E-state index in [4.69, 9.17) is 9.47 Å². The number of fused-ring (bicyclic) bond motifs is 2. The van der Waals surface area contributed by atoms with Gasteiger partial charge in [-0.15, -0.1) is 5.10 Å². The van der Waals surface area contributed by atoms with Crippen molar-refractivity contribution in [2.75, 3.05) is 37.9 Å². The number of anilines is 1. The van der Waals surface area contributed by atoms with Gasteiger partial charge >= 0.3 is 0 Å². The lowest BCUT2D eigenvalue weighted by Gasteiger charge is -2.35. The highest BCUT2D eigenvalue weighted by molar-refractivity contribution is 5.93. The zero-order chi connectivity index (χ0) is 22.0. The van der Waals surface area contributed by atoms with Crippen molar-refractivity contribution in [1.29, 1.82) is 0 Å². The van der Waals surface area contributed by atoms with Gasteiger partial charge in [0.1, 0.15) is 0 Å². The van der Waals surface area contributed by atoms with E-state index in [1.807, 2.05) is 18.3 Å². The normalized spacial score (nSPS) is 15.8. The number of ether oxygens (including phenoxy) is 2. The molecule has 0 N–H and O–H groups in total. The van der Waals surface area contributed by atoms with E-state index in [2.05, 4.69) is 67.4 Å². The molecule has 7 heteroatoms. The lowest BCUT2D eigenvalue weighted by molar-refractivity contribution is 0.174. The Morgan fingerprint density at radius 3 is 2.48 bits per heavy atom. The van der Waals surface area contributed by atoms with Crippen molar-refractivity contribution in [3.8, 4) is 11.5 Å². The first-order valence-electron chi connectivity index (χ1n) is 11.3. The first-order valence-corrected chi connectivity index (χ1v) is 11.3. The molecule has 33 heavy (non-hydrogen) atoms.